The standard InChI is InChI=1S/C22H31FO2.C20H30O2/c1-7-25-21(24)15-18(4)20(23)13-11-16(2)10-12-19-17(3)9-8-14-22(19,5)6;1-16(8-6-9-17(2)11-15-21)10-14-20-18(3,4)12-7-13-19(20,5)22-20/h10-13,15H,7-9,14H2,1-6H3;6,8-11,14,21H,7,12-13,15H2,1-5H3/b12-10+,16-11+,18-15+,20-13-;9-6+,14-10+,16-8+,17-11+. The van der Waals surface area contributed by atoms with E-state index >= 15 is 0 Å². The first-order chi connectivity index (χ1) is 21.9. The molecule has 1 saturated carbocycles. The molecule has 1 aliphatic heterocycles. The summed E-state index contributed by atoms with van der Waals surface area (Å²) in [5, 5.41) is 8.83. The second-order valence-corrected chi connectivity index (χ2v) is 14.8. The van der Waals surface area contributed by atoms with Gasteiger partial charge in [-0.2, -0.15) is 0 Å². The second-order valence-electron chi connectivity index (χ2n) is 14.8. The number of halogens is 1. The quantitative estimate of drug-likeness (QED) is 0.105. The summed E-state index contributed by atoms with van der Waals surface area (Å²) in [6.45, 7) is 23.3. The molecular formula is C42H61FO4. The maximum absolute atomic E-state index is 14.0. The smallest absolute Gasteiger partial charge is 0.331 e. The van der Waals surface area contributed by atoms with Crippen LogP contribution in [0.2, 0.25) is 0 Å². The van der Waals surface area contributed by atoms with E-state index in [2.05, 4.69) is 72.8 Å². The van der Waals surface area contributed by atoms with Gasteiger partial charge in [0.2, 0.25) is 0 Å². The van der Waals surface area contributed by atoms with Crippen LogP contribution in [0.4, 0.5) is 4.39 Å². The van der Waals surface area contributed by atoms with Crippen LogP contribution < -0.4 is 0 Å². The van der Waals surface area contributed by atoms with E-state index in [9.17, 15) is 9.18 Å². The van der Waals surface area contributed by atoms with Gasteiger partial charge in [0.1, 0.15) is 11.4 Å². The van der Waals surface area contributed by atoms with Gasteiger partial charge in [0, 0.05) is 11.5 Å². The number of rotatable bonds is 11. The molecule has 1 saturated heterocycles. The fraction of sp³-hybridized carbons (Fsp3) is 0.548. The lowest BCUT2D eigenvalue weighted by atomic mass is 9.64. The van der Waals surface area contributed by atoms with E-state index < -0.39 is 11.8 Å². The fourth-order valence-corrected chi connectivity index (χ4v) is 6.82. The SMILES string of the molecule is CC(/C=C/C12OC1(C)CCCC2(C)C)=C\C=C\C(C)=C\CO.CCOC(=O)/C=C(C)/C(F)=C/C=C(C)/C=C/C1=C(C)CCCC1(C)C. The molecular weight excluding hydrogens is 587 g/mol. The number of fused-ring (bicyclic) bond motifs is 1. The summed E-state index contributed by atoms with van der Waals surface area (Å²) in [6, 6.07) is 0. The van der Waals surface area contributed by atoms with Gasteiger partial charge in [0.05, 0.1) is 18.8 Å². The van der Waals surface area contributed by atoms with Crippen LogP contribution in [-0.4, -0.2) is 35.5 Å². The van der Waals surface area contributed by atoms with Gasteiger partial charge in [-0.3, -0.25) is 0 Å². The average molecular weight is 649 g/mol. The third-order valence-corrected chi connectivity index (χ3v) is 9.85. The van der Waals surface area contributed by atoms with E-state index in [4.69, 9.17) is 14.6 Å². The summed E-state index contributed by atoms with van der Waals surface area (Å²) in [5.74, 6) is -0.958. The number of ether oxygens (including phenoxy) is 2. The summed E-state index contributed by atoms with van der Waals surface area (Å²) in [5.41, 5.74) is 6.66. The zero-order chi connectivity index (χ0) is 35.5. The van der Waals surface area contributed by atoms with Crippen LogP contribution in [0.1, 0.15) is 115 Å². The number of esters is 1. The predicted molar refractivity (Wildman–Crippen MR) is 196 cm³/mol. The third-order valence-electron chi connectivity index (χ3n) is 9.85. The van der Waals surface area contributed by atoms with Gasteiger partial charge in [0.15, 0.2) is 0 Å². The molecule has 5 heteroatoms. The monoisotopic (exact) mass is 648 g/mol. The van der Waals surface area contributed by atoms with Crippen molar-refractivity contribution in [3.63, 3.8) is 0 Å². The lowest BCUT2D eigenvalue weighted by Crippen LogP contribution is -2.41. The number of aliphatic hydroxyl groups is 1. The Balaban J connectivity index is 0.000000329. The van der Waals surface area contributed by atoms with Gasteiger partial charge in [-0.05, 0) is 116 Å². The Labute approximate surface area is 285 Å². The van der Waals surface area contributed by atoms with Crippen LogP contribution in [0, 0.1) is 10.8 Å². The van der Waals surface area contributed by atoms with Gasteiger partial charge >= 0.3 is 5.97 Å². The van der Waals surface area contributed by atoms with E-state index in [0.29, 0.717) is 0 Å². The summed E-state index contributed by atoms with van der Waals surface area (Å²) in [7, 11) is 0. The van der Waals surface area contributed by atoms with E-state index in [1.807, 2.05) is 32.1 Å². The Morgan fingerprint density at radius 3 is 2.21 bits per heavy atom. The first-order valence-corrected chi connectivity index (χ1v) is 17.2. The molecule has 3 rings (SSSR count). The van der Waals surface area contributed by atoms with Crippen molar-refractivity contribution < 1.29 is 23.8 Å². The molecule has 3 aliphatic rings. The number of epoxide rings is 1. The predicted octanol–water partition coefficient (Wildman–Crippen LogP) is 11.1. The van der Waals surface area contributed by atoms with Crippen LogP contribution in [0.3, 0.4) is 0 Å². The topological polar surface area (TPSA) is 59.1 Å². The minimum Gasteiger partial charge on any atom is -0.463 e. The molecule has 0 aromatic rings. The molecule has 0 amide bonds. The molecule has 0 spiro atoms. The van der Waals surface area contributed by atoms with E-state index in [0.717, 1.165) is 24.0 Å². The van der Waals surface area contributed by atoms with Crippen molar-refractivity contribution in [1.29, 1.82) is 0 Å². The number of carbonyl (C=O) groups is 1. The lowest BCUT2D eigenvalue weighted by molar-refractivity contribution is -0.137. The maximum atomic E-state index is 14.0. The molecule has 2 unspecified atom stereocenters. The molecule has 0 radical (unpaired) electrons. The van der Waals surface area contributed by atoms with Gasteiger partial charge in [0.25, 0.3) is 0 Å². The van der Waals surface area contributed by atoms with E-state index in [1.165, 1.54) is 54.6 Å². The molecule has 2 fully saturated rings. The Morgan fingerprint density at radius 2 is 1.60 bits per heavy atom. The molecule has 1 heterocycles. The molecule has 2 atom stereocenters. The summed E-state index contributed by atoms with van der Waals surface area (Å²) >= 11 is 0. The number of hydrogen-bond donors (Lipinski definition) is 1. The first kappa shape index (κ1) is 40.2. The minimum atomic E-state index is -0.522. The van der Waals surface area contributed by atoms with E-state index in [-0.39, 0.29) is 40.8 Å². The van der Waals surface area contributed by atoms with Crippen molar-refractivity contribution in [1.82, 2.24) is 0 Å². The normalized spacial score (nSPS) is 26.9. The first-order valence-electron chi connectivity index (χ1n) is 17.2. The fourth-order valence-electron chi connectivity index (χ4n) is 6.82. The Morgan fingerprint density at radius 1 is 0.915 bits per heavy atom. The second kappa shape index (κ2) is 17.4. The van der Waals surface area contributed by atoms with Crippen LogP contribution >= 0.6 is 0 Å². The van der Waals surface area contributed by atoms with Crippen LogP contribution in [0.15, 0.2) is 106 Å². The van der Waals surface area contributed by atoms with Gasteiger partial charge in [-0.1, -0.05) is 98.6 Å². The van der Waals surface area contributed by atoms with Crippen LogP contribution in [0.5, 0.6) is 0 Å². The summed E-state index contributed by atoms with van der Waals surface area (Å²) in [6.07, 6.45) is 28.1. The number of carbonyl (C=O) groups excluding carboxylic acids is 1. The highest BCUT2D eigenvalue weighted by Gasteiger charge is 2.73. The molecule has 4 nitrogen and oxygen atoms in total. The minimum absolute atomic E-state index is 0.0296. The maximum Gasteiger partial charge on any atom is 0.331 e. The Bertz CT molecular complexity index is 1390. The van der Waals surface area contributed by atoms with Crippen LogP contribution in [0.25, 0.3) is 0 Å². The number of allylic oxidation sites excluding steroid dienone is 15. The zero-order valence-corrected chi connectivity index (χ0v) is 31.1. The highest BCUT2D eigenvalue weighted by atomic mass is 19.1. The lowest BCUT2D eigenvalue weighted by Gasteiger charge is -2.36. The molecule has 47 heavy (non-hydrogen) atoms. The van der Waals surface area contributed by atoms with Crippen molar-refractivity contribution in [3.8, 4) is 0 Å². The number of aliphatic hydroxyl groups excluding tert-OH is 1. The van der Waals surface area contributed by atoms with Gasteiger partial charge in [-0.15, -0.1) is 0 Å². The number of hydrogen-bond acceptors (Lipinski definition) is 4. The van der Waals surface area contributed by atoms with Crippen molar-refractivity contribution in [2.45, 2.75) is 126 Å². The summed E-state index contributed by atoms with van der Waals surface area (Å²) < 4.78 is 25.1. The van der Waals surface area contributed by atoms with Gasteiger partial charge < -0.3 is 14.6 Å². The van der Waals surface area contributed by atoms with Crippen molar-refractivity contribution in [3.05, 3.63) is 106 Å². The molecule has 1 N–H and O–H groups in total. The zero-order valence-electron chi connectivity index (χ0n) is 31.1. The van der Waals surface area contributed by atoms with E-state index in [1.54, 1.807) is 26.0 Å². The molecule has 0 bridgehead atoms. The molecule has 260 valence electrons. The largest absolute Gasteiger partial charge is 0.463 e. The Hall–Kier alpha value is -3.02. The molecule has 0 aromatic carbocycles. The Kier molecular flexibility index (Phi) is 14.9. The van der Waals surface area contributed by atoms with Gasteiger partial charge in [-0.25, -0.2) is 9.18 Å². The summed E-state index contributed by atoms with van der Waals surface area (Å²) in [4.78, 5) is 11.3. The molecule has 0 aromatic heterocycles. The molecule has 2 aliphatic carbocycles. The highest BCUT2D eigenvalue weighted by Crippen LogP contribution is 2.66. The average Bonchev–Trinajstić information content (AvgIpc) is 3.62. The highest BCUT2D eigenvalue weighted by molar-refractivity contribution is 5.83. The van der Waals surface area contributed by atoms with Crippen molar-refractivity contribution in [2.24, 2.45) is 10.8 Å². The van der Waals surface area contributed by atoms with Crippen LogP contribution in [-0.2, 0) is 14.3 Å². The van der Waals surface area contributed by atoms with Crippen molar-refractivity contribution >= 4 is 5.97 Å². The third kappa shape index (κ3) is 11.3. The van der Waals surface area contributed by atoms with Crippen molar-refractivity contribution in [2.75, 3.05) is 13.2 Å².